The molecule has 0 saturated heterocycles. The topological polar surface area (TPSA) is 71.1 Å². The van der Waals surface area contributed by atoms with Gasteiger partial charge in [-0.1, -0.05) is 6.42 Å². The smallest absolute Gasteiger partial charge is 0.231 e. The minimum Gasteiger partial charge on any atom is -0.384 e. The molecule has 1 saturated carbocycles. The number of carbonyl (C=O) groups is 1. The van der Waals surface area contributed by atoms with Gasteiger partial charge >= 0.3 is 0 Å². The van der Waals surface area contributed by atoms with Crippen LogP contribution in [0.15, 0.2) is 30.9 Å². The summed E-state index contributed by atoms with van der Waals surface area (Å²) in [4.78, 5) is 27.2. The molecular formula is C18H22N4O2. The predicted octanol–water partition coefficient (Wildman–Crippen LogP) is 2.10. The molecule has 2 aliphatic rings. The third kappa shape index (κ3) is 2.33. The summed E-state index contributed by atoms with van der Waals surface area (Å²) in [6, 6.07) is 3.79. The first-order chi connectivity index (χ1) is 11.7. The summed E-state index contributed by atoms with van der Waals surface area (Å²) in [5.41, 5.74) is 2.77. The van der Waals surface area contributed by atoms with Crippen molar-refractivity contribution in [3.8, 4) is 0 Å². The van der Waals surface area contributed by atoms with E-state index in [1.165, 1.54) is 0 Å². The largest absolute Gasteiger partial charge is 0.384 e. The maximum atomic E-state index is 13.4. The van der Waals surface area contributed by atoms with Crippen LogP contribution in [0.1, 0.15) is 42.3 Å². The Hall–Kier alpha value is -2.21. The molecule has 2 aromatic rings. The molecule has 6 nitrogen and oxygen atoms in total. The van der Waals surface area contributed by atoms with Gasteiger partial charge in [0.05, 0.1) is 24.0 Å². The van der Waals surface area contributed by atoms with Gasteiger partial charge in [-0.2, -0.15) is 0 Å². The van der Waals surface area contributed by atoms with Gasteiger partial charge in [-0.3, -0.25) is 9.78 Å². The first-order valence-electron chi connectivity index (χ1n) is 8.47. The van der Waals surface area contributed by atoms with Crippen LogP contribution < -0.4 is 0 Å². The van der Waals surface area contributed by atoms with Crippen LogP contribution in [0.25, 0.3) is 0 Å². The van der Waals surface area contributed by atoms with E-state index >= 15 is 0 Å². The SMILES string of the molecule is COCC1(C(=O)N2CCc3[nH]cnc3[C@@H]2c2ccncc2)CCC1. The van der Waals surface area contributed by atoms with Crippen molar-refractivity contribution in [1.29, 1.82) is 0 Å². The second-order valence-electron chi connectivity index (χ2n) is 6.76. The van der Waals surface area contributed by atoms with Crippen LogP contribution in [0, 0.1) is 5.41 Å². The molecular weight excluding hydrogens is 304 g/mol. The molecule has 1 amide bonds. The minimum atomic E-state index is -0.353. The standard InChI is InChI=1S/C18H22N4O2/c1-24-11-18(6-2-7-18)17(23)22-10-5-14-15(21-12-20-14)16(22)13-3-8-19-9-4-13/h3-4,8-9,12,16H,2,5-7,10-11H2,1H3,(H,20,21)/t16-/m0/s1. The van der Waals surface area contributed by atoms with E-state index in [2.05, 4.69) is 15.0 Å². The monoisotopic (exact) mass is 326 g/mol. The summed E-state index contributed by atoms with van der Waals surface area (Å²) in [7, 11) is 1.68. The Morgan fingerprint density at radius 3 is 2.88 bits per heavy atom. The fraction of sp³-hybridized carbons (Fsp3) is 0.500. The van der Waals surface area contributed by atoms with E-state index in [9.17, 15) is 4.79 Å². The Bertz CT molecular complexity index is 724. The van der Waals surface area contributed by atoms with Gasteiger partial charge in [0.15, 0.2) is 0 Å². The van der Waals surface area contributed by atoms with Crippen molar-refractivity contribution in [3.63, 3.8) is 0 Å². The molecule has 0 bridgehead atoms. The summed E-state index contributed by atoms with van der Waals surface area (Å²) in [6.45, 7) is 1.20. The minimum absolute atomic E-state index is 0.148. The van der Waals surface area contributed by atoms with Crippen molar-refractivity contribution < 1.29 is 9.53 Å². The summed E-state index contributed by atoms with van der Waals surface area (Å²) in [5.74, 6) is 0.200. The Morgan fingerprint density at radius 2 is 2.21 bits per heavy atom. The molecule has 126 valence electrons. The number of amides is 1. The number of pyridine rings is 1. The van der Waals surface area contributed by atoms with Gasteiger partial charge in [-0.25, -0.2) is 4.98 Å². The number of rotatable bonds is 4. The van der Waals surface area contributed by atoms with E-state index < -0.39 is 0 Å². The Balaban J connectivity index is 1.73. The van der Waals surface area contributed by atoms with Crippen LogP contribution in [0.3, 0.4) is 0 Å². The molecule has 0 aromatic carbocycles. The van der Waals surface area contributed by atoms with E-state index in [4.69, 9.17) is 4.74 Å². The van der Waals surface area contributed by atoms with Crippen molar-refractivity contribution in [3.05, 3.63) is 47.8 Å². The van der Waals surface area contributed by atoms with Gasteiger partial charge in [0.25, 0.3) is 0 Å². The molecule has 1 fully saturated rings. The number of hydrogen-bond acceptors (Lipinski definition) is 4. The fourth-order valence-electron chi connectivity index (χ4n) is 3.98. The number of aromatic nitrogens is 3. The van der Waals surface area contributed by atoms with Gasteiger partial charge in [0, 0.05) is 38.2 Å². The first-order valence-corrected chi connectivity index (χ1v) is 8.47. The van der Waals surface area contributed by atoms with E-state index in [-0.39, 0.29) is 17.4 Å². The van der Waals surface area contributed by atoms with Crippen molar-refractivity contribution in [2.24, 2.45) is 5.41 Å². The van der Waals surface area contributed by atoms with Crippen LogP contribution in [-0.2, 0) is 16.0 Å². The number of imidazole rings is 1. The number of nitrogens with zero attached hydrogens (tertiary/aromatic N) is 3. The van der Waals surface area contributed by atoms with Gasteiger partial charge in [0.2, 0.25) is 5.91 Å². The number of methoxy groups -OCH3 is 1. The van der Waals surface area contributed by atoms with Gasteiger partial charge in [-0.15, -0.1) is 0 Å². The first kappa shape index (κ1) is 15.3. The lowest BCUT2D eigenvalue weighted by molar-refractivity contribution is -0.154. The van der Waals surface area contributed by atoms with Crippen molar-refractivity contribution in [1.82, 2.24) is 19.9 Å². The van der Waals surface area contributed by atoms with Crippen LogP contribution in [0.5, 0.6) is 0 Å². The maximum Gasteiger partial charge on any atom is 0.231 e. The van der Waals surface area contributed by atoms with Gasteiger partial charge in [-0.05, 0) is 30.5 Å². The normalized spacial score (nSPS) is 21.9. The molecule has 0 radical (unpaired) electrons. The second-order valence-corrected chi connectivity index (χ2v) is 6.76. The van der Waals surface area contributed by atoms with Crippen molar-refractivity contribution >= 4 is 5.91 Å². The molecule has 6 heteroatoms. The highest BCUT2D eigenvalue weighted by molar-refractivity contribution is 5.85. The van der Waals surface area contributed by atoms with E-state index in [0.29, 0.717) is 13.2 Å². The van der Waals surface area contributed by atoms with Crippen molar-refractivity contribution in [2.45, 2.75) is 31.7 Å². The lowest BCUT2D eigenvalue weighted by atomic mass is 9.68. The molecule has 1 aliphatic heterocycles. The Morgan fingerprint density at radius 1 is 1.42 bits per heavy atom. The summed E-state index contributed by atoms with van der Waals surface area (Å²) in [5, 5.41) is 0. The highest BCUT2D eigenvalue weighted by Gasteiger charge is 2.49. The van der Waals surface area contributed by atoms with E-state index in [1.807, 2.05) is 17.0 Å². The van der Waals surface area contributed by atoms with Crippen molar-refractivity contribution in [2.75, 3.05) is 20.3 Å². The van der Waals surface area contributed by atoms with Crippen LogP contribution in [0.4, 0.5) is 0 Å². The van der Waals surface area contributed by atoms with Gasteiger partial charge in [0.1, 0.15) is 6.04 Å². The van der Waals surface area contributed by atoms with Crippen LogP contribution >= 0.6 is 0 Å². The number of fused-ring (bicyclic) bond motifs is 1. The molecule has 4 rings (SSSR count). The zero-order valence-corrected chi connectivity index (χ0v) is 13.9. The second kappa shape index (κ2) is 6.02. The zero-order valence-electron chi connectivity index (χ0n) is 13.9. The third-order valence-corrected chi connectivity index (χ3v) is 5.39. The zero-order chi connectivity index (χ0) is 16.6. The third-order valence-electron chi connectivity index (χ3n) is 5.39. The molecule has 0 unspecified atom stereocenters. The molecule has 1 atom stereocenters. The average molecular weight is 326 g/mol. The average Bonchev–Trinajstić information content (AvgIpc) is 3.06. The molecule has 1 aliphatic carbocycles. The summed E-state index contributed by atoms with van der Waals surface area (Å²) >= 11 is 0. The molecule has 3 heterocycles. The number of ether oxygens (including phenoxy) is 1. The number of carbonyl (C=O) groups excluding carboxylic acids is 1. The number of H-pyrrole nitrogens is 1. The lowest BCUT2D eigenvalue weighted by Gasteiger charge is -2.46. The number of hydrogen-bond donors (Lipinski definition) is 1. The summed E-state index contributed by atoms with van der Waals surface area (Å²) in [6.07, 6.45) is 8.99. The summed E-state index contributed by atoms with van der Waals surface area (Å²) < 4.78 is 5.38. The number of nitrogens with one attached hydrogen (secondary N) is 1. The highest BCUT2D eigenvalue weighted by atomic mass is 16.5. The Kier molecular flexibility index (Phi) is 3.84. The fourth-order valence-corrected chi connectivity index (χ4v) is 3.98. The number of aromatic amines is 1. The highest BCUT2D eigenvalue weighted by Crippen LogP contribution is 2.45. The quantitative estimate of drug-likeness (QED) is 0.934. The molecule has 2 aromatic heterocycles. The lowest BCUT2D eigenvalue weighted by Crippen LogP contribution is -2.53. The van der Waals surface area contributed by atoms with Crippen LogP contribution in [0.2, 0.25) is 0 Å². The van der Waals surface area contributed by atoms with E-state index in [1.54, 1.807) is 25.8 Å². The van der Waals surface area contributed by atoms with Gasteiger partial charge < -0.3 is 14.6 Å². The van der Waals surface area contributed by atoms with E-state index in [0.717, 1.165) is 42.6 Å². The molecule has 24 heavy (non-hydrogen) atoms. The molecule has 1 N–H and O–H groups in total. The Labute approximate surface area is 141 Å². The van der Waals surface area contributed by atoms with Crippen LogP contribution in [-0.4, -0.2) is 46.0 Å². The molecule has 0 spiro atoms. The maximum absolute atomic E-state index is 13.4. The predicted molar refractivity (Wildman–Crippen MR) is 88.2 cm³/mol.